The van der Waals surface area contributed by atoms with Crippen molar-refractivity contribution in [2.45, 2.75) is 0 Å². The van der Waals surface area contributed by atoms with E-state index in [9.17, 15) is 15.8 Å². The molecular weight excluding hydrogens is 625 g/mol. The number of nitriles is 3. The normalized spacial score (nSPS) is 11.1. The van der Waals surface area contributed by atoms with Crippen molar-refractivity contribution >= 4 is 50.6 Å². The highest BCUT2D eigenvalue weighted by Crippen LogP contribution is 2.34. The molecule has 0 aliphatic carbocycles. The Bertz CT molecular complexity index is 2560. The second-order valence-corrected chi connectivity index (χ2v) is 16.1. The zero-order valence-electron chi connectivity index (χ0n) is 27.0. The molecule has 8 aromatic rings. The highest BCUT2D eigenvalue weighted by molar-refractivity contribution is 7.19. The van der Waals surface area contributed by atoms with Crippen LogP contribution in [0.2, 0.25) is 0 Å². The molecule has 8 rings (SSSR count). The molecule has 0 aliphatic heterocycles. The average molecular weight is 653 g/mol. The molecule has 0 amide bonds. The van der Waals surface area contributed by atoms with E-state index >= 15 is 0 Å². The molecule has 0 saturated carbocycles. The maximum absolute atomic E-state index is 9.89. The summed E-state index contributed by atoms with van der Waals surface area (Å²) in [5.41, 5.74) is 6.92. The van der Waals surface area contributed by atoms with Crippen LogP contribution in [0.5, 0.6) is 0 Å². The summed E-state index contributed by atoms with van der Waals surface area (Å²) in [6.45, 7) is 0. The van der Waals surface area contributed by atoms with E-state index in [2.05, 4.69) is 144 Å². The van der Waals surface area contributed by atoms with Gasteiger partial charge in [0.05, 0.1) is 40.4 Å². The topological polar surface area (TPSA) is 76.3 Å². The van der Waals surface area contributed by atoms with Crippen LogP contribution in [0.4, 0.5) is 0 Å². The third kappa shape index (κ3) is 4.97. The van der Waals surface area contributed by atoms with Gasteiger partial charge in [0.1, 0.15) is 0 Å². The Morgan fingerprint density at radius 2 is 0.880 bits per heavy atom. The minimum Gasteiger partial charge on any atom is -0.309 e. The highest BCUT2D eigenvalue weighted by Gasteiger charge is 2.28. The molecule has 0 saturated heterocycles. The van der Waals surface area contributed by atoms with Gasteiger partial charge >= 0.3 is 0 Å². The van der Waals surface area contributed by atoms with Crippen molar-refractivity contribution in [3.05, 3.63) is 187 Å². The minimum absolute atomic E-state index is 0.581. The first-order valence-electron chi connectivity index (χ1n) is 16.4. The molecule has 0 atom stereocenters. The van der Waals surface area contributed by atoms with Gasteiger partial charge in [-0.25, -0.2) is 0 Å². The summed E-state index contributed by atoms with van der Waals surface area (Å²) in [6.07, 6.45) is 0. The van der Waals surface area contributed by atoms with Crippen LogP contribution in [0.25, 0.3) is 38.6 Å². The van der Waals surface area contributed by atoms with Crippen molar-refractivity contribution in [3.8, 4) is 35.0 Å². The molecule has 0 radical (unpaired) electrons. The van der Waals surface area contributed by atoms with E-state index in [-0.39, 0.29) is 0 Å². The summed E-state index contributed by atoms with van der Waals surface area (Å²) in [4.78, 5) is 0. The van der Waals surface area contributed by atoms with Gasteiger partial charge in [0.15, 0.2) is 0 Å². The predicted molar refractivity (Wildman–Crippen MR) is 204 cm³/mol. The van der Waals surface area contributed by atoms with Gasteiger partial charge in [0, 0.05) is 22.0 Å². The van der Waals surface area contributed by atoms with Gasteiger partial charge in [-0.1, -0.05) is 115 Å². The number of benzene rings is 7. The lowest BCUT2D eigenvalue weighted by atomic mass is 10.1. The molecule has 50 heavy (non-hydrogen) atoms. The summed E-state index contributed by atoms with van der Waals surface area (Å²) < 4.78 is 2.20. The number of hydrogen-bond acceptors (Lipinski definition) is 3. The van der Waals surface area contributed by atoms with Crippen molar-refractivity contribution in [1.29, 1.82) is 15.8 Å². The SMILES string of the molecule is N#Cc1cccc([Si-](c2ccccc2)(c2ccccc2)c2ccc(-c3cccc(-n4c5ccc(C#N)cc5c5cc(C#N)ccc54)c3)cc2)c1. The molecule has 0 aliphatic rings. The van der Waals surface area contributed by atoms with Crippen LogP contribution in [-0.2, 0) is 0 Å². The lowest BCUT2D eigenvalue weighted by molar-refractivity contribution is 1.18. The zero-order chi connectivity index (χ0) is 34.1. The summed E-state index contributed by atoms with van der Waals surface area (Å²) >= 11 is 0. The molecule has 1 heterocycles. The van der Waals surface area contributed by atoms with Crippen molar-refractivity contribution in [1.82, 2.24) is 4.57 Å². The van der Waals surface area contributed by atoms with Gasteiger partial charge in [0.25, 0.3) is 0 Å². The first-order valence-corrected chi connectivity index (χ1v) is 18.4. The second-order valence-electron chi connectivity index (χ2n) is 12.3. The number of hydrogen-bond donors (Lipinski definition) is 0. The van der Waals surface area contributed by atoms with Crippen LogP contribution in [-0.4, -0.2) is 12.6 Å². The molecule has 0 fully saturated rings. The Morgan fingerprint density at radius 3 is 1.44 bits per heavy atom. The van der Waals surface area contributed by atoms with Gasteiger partial charge in [-0.05, 0) is 73.8 Å². The summed E-state index contributed by atoms with van der Waals surface area (Å²) in [5.74, 6) is 0. The van der Waals surface area contributed by atoms with Crippen molar-refractivity contribution < 1.29 is 0 Å². The third-order valence-corrected chi connectivity index (χ3v) is 14.4. The van der Waals surface area contributed by atoms with Gasteiger partial charge in [0.2, 0.25) is 0 Å². The first kappa shape index (κ1) is 30.4. The number of nitrogens with zero attached hydrogens (tertiary/aromatic N) is 4. The van der Waals surface area contributed by atoms with Crippen molar-refractivity contribution in [3.63, 3.8) is 0 Å². The largest absolute Gasteiger partial charge is 0.309 e. The van der Waals surface area contributed by atoms with E-state index in [1.165, 1.54) is 15.6 Å². The van der Waals surface area contributed by atoms with Crippen LogP contribution >= 0.6 is 0 Å². The zero-order valence-corrected chi connectivity index (χ0v) is 28.0. The molecule has 0 bridgehead atoms. The fraction of sp³-hybridized carbons (Fsp3) is 0. The molecule has 4 nitrogen and oxygen atoms in total. The Hall–Kier alpha value is -6.97. The predicted octanol–water partition coefficient (Wildman–Crippen LogP) is 7.44. The fourth-order valence-corrected chi connectivity index (χ4v) is 12.1. The first-order chi connectivity index (χ1) is 24.6. The van der Waals surface area contributed by atoms with Crippen molar-refractivity contribution in [2.75, 3.05) is 0 Å². The molecule has 0 unspecified atom stereocenters. The van der Waals surface area contributed by atoms with Gasteiger partial charge in [-0.15, -0.1) is 0 Å². The van der Waals surface area contributed by atoms with Crippen LogP contribution < -0.4 is 20.7 Å². The molecule has 5 heteroatoms. The van der Waals surface area contributed by atoms with E-state index in [1.807, 2.05) is 48.5 Å². The molecule has 0 N–H and O–H groups in total. The molecule has 7 aromatic carbocycles. The lowest BCUT2D eigenvalue weighted by Crippen LogP contribution is -2.74. The minimum atomic E-state index is -2.80. The van der Waals surface area contributed by atoms with E-state index in [0.717, 1.165) is 43.8 Å². The van der Waals surface area contributed by atoms with Crippen LogP contribution in [0.3, 0.4) is 0 Å². The number of aromatic nitrogens is 1. The van der Waals surface area contributed by atoms with Gasteiger partial charge < -0.3 is 4.57 Å². The molecule has 0 spiro atoms. The summed E-state index contributed by atoms with van der Waals surface area (Å²) in [5, 5.41) is 35.9. The fourth-order valence-electron chi connectivity index (χ4n) is 7.38. The second kappa shape index (κ2) is 12.6. The van der Waals surface area contributed by atoms with Gasteiger partial charge in [-0.2, -0.15) is 36.5 Å². The highest BCUT2D eigenvalue weighted by atomic mass is 28.3. The standard InChI is InChI=1S/C45H28N4Si/c46-29-32-9-7-16-41(25-32)50(38-12-3-1-4-13-38,39-14-5-2-6-15-39)40-21-19-35(20-22-40)36-10-8-11-37(28-36)49-44-23-17-33(30-47)26-42(44)43-27-34(31-48)18-24-45(43)49/h1-28H/q-1. The molecule has 233 valence electrons. The maximum atomic E-state index is 9.89. The van der Waals surface area contributed by atoms with Crippen LogP contribution in [0, 0.1) is 34.0 Å². The summed E-state index contributed by atoms with van der Waals surface area (Å²) in [6, 6.07) is 65.3. The average Bonchev–Trinajstić information content (AvgIpc) is 3.52. The smallest absolute Gasteiger partial charge is 0.0991 e. The molecular formula is C45H28N4Si-. The summed E-state index contributed by atoms with van der Waals surface area (Å²) in [7, 11) is -2.80. The lowest BCUT2D eigenvalue weighted by Gasteiger charge is -2.47. The van der Waals surface area contributed by atoms with E-state index < -0.39 is 8.07 Å². The maximum Gasteiger partial charge on any atom is 0.0991 e. The van der Waals surface area contributed by atoms with Crippen LogP contribution in [0.1, 0.15) is 16.7 Å². The Balaban J connectivity index is 1.29. The van der Waals surface area contributed by atoms with E-state index in [4.69, 9.17) is 0 Å². The van der Waals surface area contributed by atoms with Gasteiger partial charge in [-0.3, -0.25) is 0 Å². The van der Waals surface area contributed by atoms with E-state index in [1.54, 1.807) is 0 Å². The Morgan fingerprint density at radius 1 is 0.380 bits per heavy atom. The van der Waals surface area contributed by atoms with E-state index in [0.29, 0.717) is 16.7 Å². The number of fused-ring (bicyclic) bond motifs is 3. The van der Waals surface area contributed by atoms with Crippen molar-refractivity contribution in [2.24, 2.45) is 0 Å². The Kier molecular flexibility index (Phi) is 7.63. The van der Waals surface area contributed by atoms with Crippen LogP contribution in [0.15, 0.2) is 170 Å². The quantitative estimate of drug-likeness (QED) is 0.138. The Labute approximate surface area is 291 Å². The monoisotopic (exact) mass is 652 g/mol. The number of rotatable bonds is 6. The molecule has 1 aromatic heterocycles. The third-order valence-electron chi connectivity index (χ3n) is 9.62.